The van der Waals surface area contributed by atoms with E-state index < -0.39 is 0 Å². The van der Waals surface area contributed by atoms with Gasteiger partial charge in [0.2, 0.25) is 0 Å². The van der Waals surface area contributed by atoms with Crippen LogP contribution < -0.4 is 0 Å². The summed E-state index contributed by atoms with van der Waals surface area (Å²) in [5.41, 5.74) is 2.84. The first-order valence-corrected chi connectivity index (χ1v) is 4.13. The fourth-order valence-electron chi connectivity index (χ4n) is 1.19. The summed E-state index contributed by atoms with van der Waals surface area (Å²) in [6.45, 7) is 5.58. The second-order valence-electron chi connectivity index (χ2n) is 2.84. The number of benzene rings is 1. The highest BCUT2D eigenvalue weighted by Gasteiger charge is 1.95. The molecule has 2 aromatic rings. The van der Waals surface area contributed by atoms with Gasteiger partial charge in [-0.05, 0) is 24.6 Å². The number of hydrogen-bond acceptors (Lipinski definition) is 1. The van der Waals surface area contributed by atoms with E-state index in [4.69, 9.17) is 6.92 Å². The molecule has 0 fully saturated rings. The molecule has 0 unspecified atom stereocenters. The van der Waals surface area contributed by atoms with Gasteiger partial charge in [0, 0.05) is 11.8 Å². The molecule has 0 spiro atoms. The van der Waals surface area contributed by atoms with Crippen LogP contribution in [0.25, 0.3) is 11.3 Å². The Bertz CT molecular complexity index is 376. The molecule has 1 nitrogen and oxygen atoms in total. The van der Waals surface area contributed by atoms with Crippen molar-refractivity contribution in [2.45, 2.75) is 0 Å². The molecule has 1 aromatic carbocycles. The fourth-order valence-corrected chi connectivity index (χ4v) is 1.19. The number of pyridine rings is 1. The van der Waals surface area contributed by atoms with Crippen molar-refractivity contribution in [3.05, 3.63) is 61.1 Å². The predicted molar refractivity (Wildman–Crippen MR) is 53.1 cm³/mol. The van der Waals surface area contributed by atoms with Crippen molar-refractivity contribution in [1.82, 2.24) is 4.98 Å². The van der Waals surface area contributed by atoms with Crippen LogP contribution in [0.4, 0.5) is 0 Å². The maximum absolute atomic E-state index is 5.58. The average Bonchev–Trinajstić information content (AvgIpc) is 2.20. The molecule has 0 saturated carbocycles. The molecular weight excluding hydrogens is 158 g/mol. The summed E-state index contributed by atoms with van der Waals surface area (Å²) in [4.78, 5) is 4.24. The predicted octanol–water partition coefficient (Wildman–Crippen LogP) is 2.81. The van der Waals surface area contributed by atoms with Gasteiger partial charge >= 0.3 is 0 Å². The smallest absolute Gasteiger partial charge is 0.0701 e. The summed E-state index contributed by atoms with van der Waals surface area (Å²) < 4.78 is 0. The molecular formula is C12H9N. The summed E-state index contributed by atoms with van der Waals surface area (Å²) >= 11 is 0. The number of nitrogens with zero attached hydrogens (tertiary/aromatic N) is 1. The number of hydrogen-bond donors (Lipinski definition) is 0. The largest absolute Gasteiger partial charge is 0.256 e. The van der Waals surface area contributed by atoms with E-state index in [1.807, 2.05) is 42.5 Å². The van der Waals surface area contributed by atoms with Crippen LogP contribution in [0, 0.1) is 6.92 Å². The third-order valence-corrected chi connectivity index (χ3v) is 1.87. The Morgan fingerprint density at radius 3 is 2.31 bits per heavy atom. The van der Waals surface area contributed by atoms with Crippen molar-refractivity contribution in [2.24, 2.45) is 0 Å². The van der Waals surface area contributed by atoms with E-state index >= 15 is 0 Å². The van der Waals surface area contributed by atoms with E-state index in [0.29, 0.717) is 0 Å². The van der Waals surface area contributed by atoms with E-state index in [1.165, 1.54) is 0 Å². The summed E-state index contributed by atoms with van der Waals surface area (Å²) in [6.07, 6.45) is 1.78. The molecule has 0 saturated heterocycles. The van der Waals surface area contributed by atoms with E-state index in [0.717, 1.165) is 16.8 Å². The van der Waals surface area contributed by atoms with Crippen LogP contribution in [-0.4, -0.2) is 4.98 Å². The molecule has 1 heterocycles. The van der Waals surface area contributed by atoms with E-state index in [2.05, 4.69) is 4.98 Å². The van der Waals surface area contributed by atoms with Gasteiger partial charge in [-0.15, -0.1) is 0 Å². The molecule has 1 heteroatoms. The van der Waals surface area contributed by atoms with Crippen LogP contribution in [-0.2, 0) is 0 Å². The van der Waals surface area contributed by atoms with Crippen LogP contribution in [0.3, 0.4) is 0 Å². The lowest BCUT2D eigenvalue weighted by Gasteiger charge is -1.99. The zero-order valence-electron chi connectivity index (χ0n) is 7.14. The highest BCUT2D eigenvalue weighted by Crippen LogP contribution is 2.15. The van der Waals surface area contributed by atoms with Gasteiger partial charge in [0.05, 0.1) is 5.69 Å². The molecule has 0 aliphatic rings. The first-order chi connectivity index (χ1) is 6.36. The number of aromatic nitrogens is 1. The molecule has 2 radical (unpaired) electrons. The minimum Gasteiger partial charge on any atom is -0.256 e. The zero-order chi connectivity index (χ0) is 9.10. The minimum atomic E-state index is 0.777. The SMILES string of the molecule is [CH]c1ccc(-c2ccccn2)cc1. The highest BCUT2D eigenvalue weighted by molar-refractivity contribution is 5.59. The third-order valence-electron chi connectivity index (χ3n) is 1.87. The quantitative estimate of drug-likeness (QED) is 0.636. The van der Waals surface area contributed by atoms with Gasteiger partial charge in [-0.3, -0.25) is 4.98 Å². The van der Waals surface area contributed by atoms with E-state index in [-0.39, 0.29) is 0 Å². The van der Waals surface area contributed by atoms with Crippen LogP contribution in [0.15, 0.2) is 48.7 Å². The molecule has 1 aromatic heterocycles. The number of rotatable bonds is 1. The summed E-state index contributed by atoms with van der Waals surface area (Å²) in [7, 11) is 0. The average molecular weight is 167 g/mol. The van der Waals surface area contributed by atoms with Gasteiger partial charge < -0.3 is 0 Å². The first kappa shape index (κ1) is 7.99. The van der Waals surface area contributed by atoms with Crippen LogP contribution in [0.5, 0.6) is 0 Å². The second kappa shape index (κ2) is 3.40. The molecule has 0 N–H and O–H groups in total. The molecule has 2 rings (SSSR count). The lowest BCUT2D eigenvalue weighted by molar-refractivity contribution is 1.32. The molecule has 0 aliphatic carbocycles. The highest BCUT2D eigenvalue weighted by atomic mass is 14.7. The molecule has 13 heavy (non-hydrogen) atoms. The van der Waals surface area contributed by atoms with Crippen molar-refractivity contribution in [2.75, 3.05) is 0 Å². The summed E-state index contributed by atoms with van der Waals surface area (Å²) in [6, 6.07) is 13.5. The summed E-state index contributed by atoms with van der Waals surface area (Å²) in [5, 5.41) is 0. The zero-order valence-corrected chi connectivity index (χ0v) is 7.14. The third kappa shape index (κ3) is 1.75. The normalized spacial score (nSPS) is 9.92. The standard InChI is InChI=1S/C12H9N/c1-10-5-7-11(8-6-10)12-4-2-3-9-13-12/h1-9H. The Morgan fingerprint density at radius 1 is 0.923 bits per heavy atom. The van der Waals surface area contributed by atoms with Gasteiger partial charge in [-0.1, -0.05) is 30.3 Å². The molecule has 0 amide bonds. The van der Waals surface area contributed by atoms with Gasteiger partial charge in [0.15, 0.2) is 0 Å². The fraction of sp³-hybridized carbons (Fsp3) is 0. The van der Waals surface area contributed by atoms with Crippen molar-refractivity contribution in [3.63, 3.8) is 0 Å². The van der Waals surface area contributed by atoms with Crippen molar-refractivity contribution < 1.29 is 0 Å². The summed E-state index contributed by atoms with van der Waals surface area (Å²) in [5.74, 6) is 0. The van der Waals surface area contributed by atoms with Gasteiger partial charge in [-0.2, -0.15) is 0 Å². The Balaban J connectivity index is 2.42. The maximum atomic E-state index is 5.58. The molecule has 0 aliphatic heterocycles. The topological polar surface area (TPSA) is 12.9 Å². The molecule has 0 atom stereocenters. The molecule has 62 valence electrons. The second-order valence-corrected chi connectivity index (χ2v) is 2.84. The van der Waals surface area contributed by atoms with E-state index in [1.54, 1.807) is 6.20 Å². The van der Waals surface area contributed by atoms with Gasteiger partial charge in [-0.25, -0.2) is 0 Å². The Morgan fingerprint density at radius 2 is 1.69 bits per heavy atom. The lowest BCUT2D eigenvalue weighted by atomic mass is 10.1. The van der Waals surface area contributed by atoms with Crippen LogP contribution >= 0.6 is 0 Å². The monoisotopic (exact) mass is 167 g/mol. The van der Waals surface area contributed by atoms with Crippen LogP contribution in [0.2, 0.25) is 0 Å². The first-order valence-electron chi connectivity index (χ1n) is 4.13. The van der Waals surface area contributed by atoms with Crippen molar-refractivity contribution in [3.8, 4) is 11.3 Å². The van der Waals surface area contributed by atoms with Gasteiger partial charge in [0.1, 0.15) is 0 Å². The maximum Gasteiger partial charge on any atom is 0.0701 e. The van der Waals surface area contributed by atoms with Crippen molar-refractivity contribution in [1.29, 1.82) is 0 Å². The van der Waals surface area contributed by atoms with Crippen molar-refractivity contribution >= 4 is 0 Å². The van der Waals surface area contributed by atoms with Crippen LogP contribution in [0.1, 0.15) is 5.56 Å². The lowest BCUT2D eigenvalue weighted by Crippen LogP contribution is -1.81. The minimum absolute atomic E-state index is 0.777. The Kier molecular flexibility index (Phi) is 2.09. The Hall–Kier alpha value is -1.63. The molecule has 0 bridgehead atoms. The van der Waals surface area contributed by atoms with Gasteiger partial charge in [0.25, 0.3) is 0 Å². The Labute approximate surface area is 78.1 Å². The van der Waals surface area contributed by atoms with E-state index in [9.17, 15) is 0 Å².